The van der Waals surface area contributed by atoms with Gasteiger partial charge in [0.05, 0.1) is 21.8 Å². The Balaban J connectivity index is 1.73. The van der Waals surface area contributed by atoms with Crippen LogP contribution in [0.4, 0.5) is 0 Å². The number of aromatic nitrogens is 2. The third-order valence-corrected chi connectivity index (χ3v) is 6.46. The molecule has 1 saturated carbocycles. The summed E-state index contributed by atoms with van der Waals surface area (Å²) in [7, 11) is -3.33. The third-order valence-electron chi connectivity index (χ3n) is 4.36. The van der Waals surface area contributed by atoms with E-state index in [2.05, 4.69) is 9.97 Å². The highest BCUT2D eigenvalue weighted by molar-refractivity contribution is 7.91. The van der Waals surface area contributed by atoms with Gasteiger partial charge in [0, 0.05) is 18.0 Å². The lowest BCUT2D eigenvalue weighted by atomic mass is 9.89. The van der Waals surface area contributed by atoms with Gasteiger partial charge in [-0.2, -0.15) is 0 Å². The number of aliphatic hydroxyl groups excluding tert-OH is 1. The van der Waals surface area contributed by atoms with Gasteiger partial charge in [0.25, 0.3) is 0 Å². The Hall–Kier alpha value is -1.50. The van der Waals surface area contributed by atoms with Crippen molar-refractivity contribution in [3.63, 3.8) is 0 Å². The molecule has 7 heteroatoms. The molecule has 1 aliphatic carbocycles. The van der Waals surface area contributed by atoms with E-state index in [0.29, 0.717) is 28.6 Å². The molecule has 24 heavy (non-hydrogen) atoms. The molecule has 1 aromatic carbocycles. The molecule has 0 atom stereocenters. The molecule has 0 amide bonds. The van der Waals surface area contributed by atoms with E-state index in [1.807, 2.05) is 0 Å². The van der Waals surface area contributed by atoms with Gasteiger partial charge >= 0.3 is 0 Å². The lowest BCUT2D eigenvalue weighted by Crippen LogP contribution is -2.24. The van der Waals surface area contributed by atoms with Crippen molar-refractivity contribution in [2.24, 2.45) is 5.92 Å². The molecule has 128 valence electrons. The summed E-state index contributed by atoms with van der Waals surface area (Å²) in [5.41, 5.74) is 0.742. The summed E-state index contributed by atoms with van der Waals surface area (Å²) in [5.74, 6) is 0.763. The summed E-state index contributed by atoms with van der Waals surface area (Å²) in [6.45, 7) is 0. The molecule has 1 N–H and O–H groups in total. The van der Waals surface area contributed by atoms with Crippen LogP contribution >= 0.6 is 11.6 Å². The highest BCUT2D eigenvalue weighted by Gasteiger charge is 2.25. The van der Waals surface area contributed by atoms with Gasteiger partial charge in [-0.15, -0.1) is 0 Å². The van der Waals surface area contributed by atoms with Crippen LogP contribution < -0.4 is 0 Å². The van der Waals surface area contributed by atoms with Crippen molar-refractivity contribution in [2.75, 3.05) is 5.75 Å². The number of nitrogens with zero attached hydrogens (tertiary/aromatic N) is 2. The number of aliphatic hydroxyl groups is 1. The molecule has 5 nitrogen and oxygen atoms in total. The van der Waals surface area contributed by atoms with E-state index < -0.39 is 9.84 Å². The largest absolute Gasteiger partial charge is 0.393 e. The molecular formula is C17H19ClN2O3S. The minimum atomic E-state index is -3.33. The van der Waals surface area contributed by atoms with Gasteiger partial charge in [-0.3, -0.25) is 0 Å². The Morgan fingerprint density at radius 2 is 1.62 bits per heavy atom. The fourth-order valence-electron chi connectivity index (χ4n) is 2.99. The van der Waals surface area contributed by atoms with Crippen LogP contribution in [0.3, 0.4) is 0 Å². The predicted molar refractivity (Wildman–Crippen MR) is 92.5 cm³/mol. The Labute approximate surface area is 146 Å². The van der Waals surface area contributed by atoms with Crippen LogP contribution in [0.5, 0.6) is 0 Å². The zero-order valence-electron chi connectivity index (χ0n) is 13.1. The molecule has 0 spiro atoms. The van der Waals surface area contributed by atoms with Crippen LogP contribution in [0.1, 0.15) is 25.7 Å². The molecular weight excluding hydrogens is 348 g/mol. The maximum atomic E-state index is 12.6. The van der Waals surface area contributed by atoms with Gasteiger partial charge in [0.2, 0.25) is 0 Å². The van der Waals surface area contributed by atoms with E-state index in [1.54, 1.807) is 24.3 Å². The lowest BCUT2D eigenvalue weighted by molar-refractivity contribution is 0.113. The number of sulfone groups is 1. The fourth-order valence-corrected chi connectivity index (χ4v) is 4.79. The zero-order valence-corrected chi connectivity index (χ0v) is 14.7. The first-order chi connectivity index (χ1) is 11.4. The number of benzene rings is 1. The van der Waals surface area contributed by atoms with Crippen molar-refractivity contribution in [1.82, 2.24) is 9.97 Å². The summed E-state index contributed by atoms with van der Waals surface area (Å²) in [5, 5.41) is 9.98. The van der Waals surface area contributed by atoms with E-state index >= 15 is 0 Å². The first kappa shape index (κ1) is 17.3. The van der Waals surface area contributed by atoms with Gasteiger partial charge in [0.15, 0.2) is 15.7 Å². The number of hydrogen-bond acceptors (Lipinski definition) is 5. The highest BCUT2D eigenvalue weighted by Crippen LogP contribution is 2.28. The van der Waals surface area contributed by atoms with Crippen molar-refractivity contribution in [1.29, 1.82) is 0 Å². The van der Waals surface area contributed by atoms with E-state index in [4.69, 9.17) is 11.6 Å². The molecule has 0 unspecified atom stereocenters. The van der Waals surface area contributed by atoms with Crippen LogP contribution in [0.2, 0.25) is 5.02 Å². The van der Waals surface area contributed by atoms with Crippen LogP contribution in [-0.2, 0) is 9.84 Å². The molecule has 1 aliphatic rings. The Bertz CT molecular complexity index is 784. The quantitative estimate of drug-likeness (QED) is 0.899. The van der Waals surface area contributed by atoms with Gasteiger partial charge in [-0.25, -0.2) is 18.4 Å². The normalized spacial score (nSPS) is 21.6. The van der Waals surface area contributed by atoms with Crippen molar-refractivity contribution >= 4 is 21.4 Å². The first-order valence-electron chi connectivity index (χ1n) is 7.93. The van der Waals surface area contributed by atoms with Crippen molar-refractivity contribution in [3.05, 3.63) is 41.7 Å². The molecule has 0 radical (unpaired) electrons. The second-order valence-electron chi connectivity index (χ2n) is 6.21. The third kappa shape index (κ3) is 4.12. The average molecular weight is 367 g/mol. The van der Waals surface area contributed by atoms with Gasteiger partial charge in [0.1, 0.15) is 0 Å². The Morgan fingerprint density at radius 1 is 1.04 bits per heavy atom. The second kappa shape index (κ2) is 7.17. The summed E-state index contributed by atoms with van der Waals surface area (Å²) < 4.78 is 25.1. The second-order valence-corrected chi connectivity index (χ2v) is 8.68. The standard InChI is InChI=1S/C17H19ClN2O3S/c18-14-9-19-17(20-10-14)13-3-7-16(8-4-13)24(22,23)11-12-1-5-15(21)6-2-12/h3-4,7-10,12,15,21H,1-2,5-6,11H2. The lowest BCUT2D eigenvalue weighted by Gasteiger charge is -2.25. The molecule has 1 heterocycles. The van der Waals surface area contributed by atoms with E-state index in [0.717, 1.165) is 18.4 Å². The SMILES string of the molecule is O=S(=O)(CC1CCC(O)CC1)c1ccc(-c2ncc(Cl)cn2)cc1. The van der Waals surface area contributed by atoms with Crippen LogP contribution in [-0.4, -0.2) is 35.3 Å². The van der Waals surface area contributed by atoms with Crippen LogP contribution in [0.15, 0.2) is 41.6 Å². The predicted octanol–water partition coefficient (Wildman–Crippen LogP) is 3.12. The molecule has 1 aromatic heterocycles. The van der Waals surface area contributed by atoms with Crippen LogP contribution in [0.25, 0.3) is 11.4 Å². The summed E-state index contributed by atoms with van der Waals surface area (Å²) in [4.78, 5) is 8.56. The molecule has 3 rings (SSSR count). The van der Waals surface area contributed by atoms with E-state index in [9.17, 15) is 13.5 Å². The summed E-state index contributed by atoms with van der Waals surface area (Å²) >= 11 is 5.77. The highest BCUT2D eigenvalue weighted by atomic mass is 35.5. The smallest absolute Gasteiger partial charge is 0.178 e. The Kier molecular flexibility index (Phi) is 5.18. The molecule has 0 saturated heterocycles. The van der Waals surface area contributed by atoms with E-state index in [1.165, 1.54) is 12.4 Å². The maximum Gasteiger partial charge on any atom is 0.178 e. The topological polar surface area (TPSA) is 80.2 Å². The molecule has 2 aromatic rings. The zero-order chi connectivity index (χ0) is 17.2. The maximum absolute atomic E-state index is 12.6. The van der Waals surface area contributed by atoms with Crippen molar-refractivity contribution < 1.29 is 13.5 Å². The Morgan fingerprint density at radius 3 is 2.21 bits per heavy atom. The molecule has 0 bridgehead atoms. The van der Waals surface area contributed by atoms with Crippen LogP contribution in [0, 0.1) is 5.92 Å². The molecule has 0 aliphatic heterocycles. The monoisotopic (exact) mass is 366 g/mol. The number of hydrogen-bond donors (Lipinski definition) is 1. The summed E-state index contributed by atoms with van der Waals surface area (Å²) in [6.07, 6.45) is 5.63. The first-order valence-corrected chi connectivity index (χ1v) is 9.96. The minimum absolute atomic E-state index is 0.123. The average Bonchev–Trinajstić information content (AvgIpc) is 2.58. The van der Waals surface area contributed by atoms with Crippen molar-refractivity contribution in [3.8, 4) is 11.4 Å². The minimum Gasteiger partial charge on any atom is -0.393 e. The summed E-state index contributed by atoms with van der Waals surface area (Å²) in [6, 6.07) is 6.61. The molecule has 1 fully saturated rings. The van der Waals surface area contributed by atoms with Gasteiger partial charge in [-0.05, 0) is 55.9 Å². The van der Waals surface area contributed by atoms with E-state index in [-0.39, 0.29) is 17.8 Å². The van der Waals surface area contributed by atoms with Crippen molar-refractivity contribution in [2.45, 2.75) is 36.7 Å². The van der Waals surface area contributed by atoms with Gasteiger partial charge in [-0.1, -0.05) is 11.6 Å². The fraction of sp³-hybridized carbons (Fsp3) is 0.412. The number of rotatable bonds is 4. The van der Waals surface area contributed by atoms with Gasteiger partial charge < -0.3 is 5.11 Å². The number of halogens is 1.